The summed E-state index contributed by atoms with van der Waals surface area (Å²) in [5, 5.41) is 3.44. The highest BCUT2D eigenvalue weighted by Crippen LogP contribution is 2.08. The van der Waals surface area contributed by atoms with Gasteiger partial charge < -0.3 is 10.2 Å². The van der Waals surface area contributed by atoms with Crippen LogP contribution in [0.1, 0.15) is 5.56 Å². The van der Waals surface area contributed by atoms with Gasteiger partial charge in [-0.1, -0.05) is 30.3 Å². The summed E-state index contributed by atoms with van der Waals surface area (Å²) in [6.07, 6.45) is 2.13. The van der Waals surface area contributed by atoms with Gasteiger partial charge in [0.2, 0.25) is 0 Å². The molecular formula is C16H27IN4S. The van der Waals surface area contributed by atoms with Gasteiger partial charge >= 0.3 is 0 Å². The highest BCUT2D eigenvalue weighted by molar-refractivity contribution is 14.0. The Labute approximate surface area is 155 Å². The van der Waals surface area contributed by atoms with Gasteiger partial charge in [0.25, 0.3) is 0 Å². The molecule has 6 heteroatoms. The minimum Gasteiger partial charge on any atom is -0.355 e. The zero-order valence-electron chi connectivity index (χ0n) is 13.5. The summed E-state index contributed by atoms with van der Waals surface area (Å²) in [7, 11) is 1.87. The van der Waals surface area contributed by atoms with Gasteiger partial charge in [-0.15, -0.1) is 24.0 Å². The third kappa shape index (κ3) is 6.34. The third-order valence-electron chi connectivity index (χ3n) is 3.72. The summed E-state index contributed by atoms with van der Waals surface area (Å²) < 4.78 is 0. The van der Waals surface area contributed by atoms with Crippen LogP contribution in [-0.4, -0.2) is 67.5 Å². The van der Waals surface area contributed by atoms with Crippen molar-refractivity contribution in [2.45, 2.75) is 6.54 Å². The molecule has 1 aromatic carbocycles. The first-order valence-corrected chi connectivity index (χ1v) is 8.93. The molecular weight excluding hydrogens is 407 g/mol. The minimum absolute atomic E-state index is 0. The Hall–Kier alpha value is -0.470. The molecule has 1 fully saturated rings. The minimum atomic E-state index is 0. The number of hydrogen-bond acceptors (Lipinski definition) is 3. The first-order valence-electron chi connectivity index (χ1n) is 7.54. The van der Waals surface area contributed by atoms with E-state index < -0.39 is 0 Å². The fourth-order valence-corrected chi connectivity index (χ4v) is 2.86. The number of halogens is 1. The molecule has 0 spiro atoms. The topological polar surface area (TPSA) is 30.9 Å². The van der Waals surface area contributed by atoms with Crippen molar-refractivity contribution < 1.29 is 0 Å². The second-order valence-corrected chi connectivity index (χ2v) is 6.20. The van der Waals surface area contributed by atoms with E-state index in [1.807, 2.05) is 18.8 Å². The number of benzene rings is 1. The zero-order chi connectivity index (χ0) is 14.9. The van der Waals surface area contributed by atoms with E-state index >= 15 is 0 Å². The van der Waals surface area contributed by atoms with E-state index in [1.54, 1.807) is 0 Å². The van der Waals surface area contributed by atoms with Crippen molar-refractivity contribution >= 4 is 41.7 Å². The van der Waals surface area contributed by atoms with Crippen molar-refractivity contribution in [3.8, 4) is 0 Å². The Balaban J connectivity index is 0.00000242. The van der Waals surface area contributed by atoms with Crippen LogP contribution >= 0.6 is 35.7 Å². The monoisotopic (exact) mass is 434 g/mol. The van der Waals surface area contributed by atoms with Crippen LogP contribution in [0.5, 0.6) is 0 Å². The molecule has 0 atom stereocenters. The lowest BCUT2D eigenvalue weighted by molar-refractivity contribution is 0.172. The fraction of sp³-hybridized carbons (Fsp3) is 0.562. The zero-order valence-corrected chi connectivity index (χ0v) is 16.6. The molecule has 2 rings (SSSR count). The van der Waals surface area contributed by atoms with E-state index in [9.17, 15) is 0 Å². The van der Waals surface area contributed by atoms with Crippen molar-refractivity contribution in [3.05, 3.63) is 35.9 Å². The van der Waals surface area contributed by atoms with Gasteiger partial charge in [0, 0.05) is 52.1 Å². The van der Waals surface area contributed by atoms with Gasteiger partial charge in [-0.05, 0) is 11.8 Å². The maximum atomic E-state index is 4.40. The van der Waals surface area contributed by atoms with E-state index in [0.29, 0.717) is 0 Å². The average molecular weight is 434 g/mol. The van der Waals surface area contributed by atoms with Crippen LogP contribution in [0.15, 0.2) is 35.3 Å². The normalized spacial score (nSPS) is 16.3. The molecule has 0 radical (unpaired) electrons. The van der Waals surface area contributed by atoms with Crippen molar-refractivity contribution in [2.75, 3.05) is 51.8 Å². The van der Waals surface area contributed by atoms with Crippen molar-refractivity contribution in [2.24, 2.45) is 4.99 Å². The van der Waals surface area contributed by atoms with E-state index in [-0.39, 0.29) is 24.0 Å². The van der Waals surface area contributed by atoms with Crippen LogP contribution < -0.4 is 5.32 Å². The second kappa shape index (κ2) is 11.1. The van der Waals surface area contributed by atoms with Crippen LogP contribution in [0.3, 0.4) is 0 Å². The molecule has 1 N–H and O–H groups in total. The number of aliphatic imine (C=N–C) groups is 1. The number of hydrogen-bond donors (Lipinski definition) is 1. The van der Waals surface area contributed by atoms with Gasteiger partial charge in [-0.3, -0.25) is 9.89 Å². The second-order valence-electron chi connectivity index (χ2n) is 5.22. The number of nitrogens with one attached hydrogen (secondary N) is 1. The predicted octanol–water partition coefficient (Wildman–Crippen LogP) is 2.36. The largest absolute Gasteiger partial charge is 0.355 e. The Kier molecular flexibility index (Phi) is 9.90. The van der Waals surface area contributed by atoms with Gasteiger partial charge in [0.1, 0.15) is 0 Å². The van der Waals surface area contributed by atoms with Crippen LogP contribution in [0.25, 0.3) is 0 Å². The van der Waals surface area contributed by atoms with Gasteiger partial charge in [0.05, 0.1) is 0 Å². The maximum absolute atomic E-state index is 4.40. The Morgan fingerprint density at radius 2 is 1.86 bits per heavy atom. The van der Waals surface area contributed by atoms with Crippen molar-refractivity contribution in [1.82, 2.24) is 15.1 Å². The summed E-state index contributed by atoms with van der Waals surface area (Å²) in [5.74, 6) is 2.16. The molecule has 22 heavy (non-hydrogen) atoms. The highest BCUT2D eigenvalue weighted by atomic mass is 127. The molecule has 4 nitrogen and oxygen atoms in total. The van der Waals surface area contributed by atoms with Crippen LogP contribution in [-0.2, 0) is 6.54 Å². The number of guanidine groups is 1. The predicted molar refractivity (Wildman–Crippen MR) is 108 cm³/mol. The Morgan fingerprint density at radius 3 is 2.45 bits per heavy atom. The lowest BCUT2D eigenvalue weighted by Crippen LogP contribution is -2.52. The summed E-state index contributed by atoms with van der Waals surface area (Å²) >= 11 is 1.86. The van der Waals surface area contributed by atoms with E-state index in [2.05, 4.69) is 56.7 Å². The molecule has 0 bridgehead atoms. The number of nitrogens with zero attached hydrogens (tertiary/aromatic N) is 3. The smallest absolute Gasteiger partial charge is 0.193 e. The molecule has 1 aromatic rings. The molecule has 0 saturated carbocycles. The first-order chi connectivity index (χ1) is 10.3. The standard InChI is InChI=1S/C16H26N4S.HI/c1-17-16(18-8-13-21-2)20-11-9-19(10-12-20)14-15-6-4-3-5-7-15;/h3-7H,8-14H2,1-2H3,(H,17,18);1H. The molecule has 1 aliphatic heterocycles. The molecule has 0 unspecified atom stereocenters. The molecule has 124 valence electrons. The first kappa shape index (κ1) is 19.6. The fourth-order valence-electron chi connectivity index (χ4n) is 2.56. The van der Waals surface area contributed by atoms with Crippen molar-refractivity contribution in [1.29, 1.82) is 0 Å². The van der Waals surface area contributed by atoms with Crippen LogP contribution in [0, 0.1) is 0 Å². The molecule has 0 aromatic heterocycles. The maximum Gasteiger partial charge on any atom is 0.193 e. The lowest BCUT2D eigenvalue weighted by atomic mass is 10.2. The van der Waals surface area contributed by atoms with Gasteiger partial charge in [-0.2, -0.15) is 11.8 Å². The molecule has 0 amide bonds. The van der Waals surface area contributed by atoms with Gasteiger partial charge in [-0.25, -0.2) is 0 Å². The molecule has 1 aliphatic rings. The van der Waals surface area contributed by atoms with E-state index in [0.717, 1.165) is 51.0 Å². The molecule has 1 saturated heterocycles. The summed E-state index contributed by atoms with van der Waals surface area (Å²) in [6.45, 7) is 6.32. The Morgan fingerprint density at radius 1 is 1.18 bits per heavy atom. The van der Waals surface area contributed by atoms with Gasteiger partial charge in [0.15, 0.2) is 5.96 Å². The highest BCUT2D eigenvalue weighted by Gasteiger charge is 2.19. The van der Waals surface area contributed by atoms with Crippen molar-refractivity contribution in [3.63, 3.8) is 0 Å². The summed E-state index contributed by atoms with van der Waals surface area (Å²) in [4.78, 5) is 9.27. The van der Waals surface area contributed by atoms with E-state index in [1.165, 1.54) is 5.56 Å². The van der Waals surface area contributed by atoms with Crippen LogP contribution in [0.2, 0.25) is 0 Å². The SMILES string of the molecule is CN=C(NCCSC)N1CCN(Cc2ccccc2)CC1.I. The summed E-state index contributed by atoms with van der Waals surface area (Å²) in [5.41, 5.74) is 1.40. The van der Waals surface area contributed by atoms with E-state index in [4.69, 9.17) is 0 Å². The van der Waals surface area contributed by atoms with Crippen LogP contribution in [0.4, 0.5) is 0 Å². The third-order valence-corrected chi connectivity index (χ3v) is 4.33. The number of thioether (sulfide) groups is 1. The molecule has 1 heterocycles. The molecule has 0 aliphatic carbocycles. The number of rotatable bonds is 5. The lowest BCUT2D eigenvalue weighted by Gasteiger charge is -2.36. The summed E-state index contributed by atoms with van der Waals surface area (Å²) in [6, 6.07) is 10.7. The Bertz CT molecular complexity index is 433. The quantitative estimate of drug-likeness (QED) is 0.334. The average Bonchev–Trinajstić information content (AvgIpc) is 2.54. The number of piperazine rings is 1.